The maximum Gasteiger partial charge on any atom is 0.325 e. The van der Waals surface area contributed by atoms with Crippen molar-refractivity contribution < 1.29 is 9.53 Å². The van der Waals surface area contributed by atoms with E-state index < -0.39 is 5.54 Å². The molecule has 0 radical (unpaired) electrons. The van der Waals surface area contributed by atoms with Gasteiger partial charge < -0.3 is 4.74 Å². The summed E-state index contributed by atoms with van der Waals surface area (Å²) >= 11 is 0. The highest BCUT2D eigenvalue weighted by Gasteiger charge is 2.39. The van der Waals surface area contributed by atoms with Gasteiger partial charge in [0.05, 0.1) is 7.11 Å². The normalized spacial score (nSPS) is 23.5. The molecule has 0 unspecified atom stereocenters. The van der Waals surface area contributed by atoms with Crippen molar-refractivity contribution in [3.8, 4) is 0 Å². The van der Waals surface area contributed by atoms with E-state index in [1.165, 1.54) is 20.0 Å². The highest BCUT2D eigenvalue weighted by molar-refractivity contribution is 5.80. The standard InChI is InChI=1S/C12H23NO2/c1-5-12(3,11(14)15-4)13-8-6-10(2)7-9-13/h10H,5-9H2,1-4H3/t12-/m1/s1. The average molecular weight is 213 g/mol. The summed E-state index contributed by atoms with van der Waals surface area (Å²) in [5.74, 6) is 0.694. The van der Waals surface area contributed by atoms with Crippen molar-refractivity contribution in [3.63, 3.8) is 0 Å². The second-order valence-electron chi connectivity index (χ2n) is 4.79. The molecule has 0 amide bonds. The molecule has 0 spiro atoms. The quantitative estimate of drug-likeness (QED) is 0.672. The van der Waals surface area contributed by atoms with Crippen molar-refractivity contribution >= 4 is 5.97 Å². The van der Waals surface area contributed by atoms with Gasteiger partial charge in [-0.3, -0.25) is 9.69 Å². The number of piperidine rings is 1. The molecule has 1 fully saturated rings. The Hall–Kier alpha value is -0.570. The molecular weight excluding hydrogens is 190 g/mol. The van der Waals surface area contributed by atoms with Gasteiger partial charge in [-0.1, -0.05) is 13.8 Å². The van der Waals surface area contributed by atoms with Crippen molar-refractivity contribution in [2.24, 2.45) is 5.92 Å². The summed E-state index contributed by atoms with van der Waals surface area (Å²) in [7, 11) is 1.48. The van der Waals surface area contributed by atoms with E-state index in [1.807, 2.05) is 6.92 Å². The molecule has 0 N–H and O–H groups in total. The fourth-order valence-electron chi connectivity index (χ4n) is 2.22. The molecule has 0 aromatic heterocycles. The topological polar surface area (TPSA) is 29.5 Å². The van der Waals surface area contributed by atoms with E-state index in [2.05, 4.69) is 18.7 Å². The molecule has 1 heterocycles. The minimum Gasteiger partial charge on any atom is -0.468 e. The van der Waals surface area contributed by atoms with E-state index in [1.54, 1.807) is 0 Å². The summed E-state index contributed by atoms with van der Waals surface area (Å²) in [5.41, 5.74) is -0.422. The number of methoxy groups -OCH3 is 1. The van der Waals surface area contributed by atoms with E-state index in [0.29, 0.717) is 0 Å². The van der Waals surface area contributed by atoms with Crippen LogP contribution in [0.4, 0.5) is 0 Å². The number of ether oxygens (including phenoxy) is 1. The van der Waals surface area contributed by atoms with Crippen molar-refractivity contribution in [2.75, 3.05) is 20.2 Å². The zero-order valence-electron chi connectivity index (χ0n) is 10.4. The van der Waals surface area contributed by atoms with Crippen LogP contribution in [-0.4, -0.2) is 36.6 Å². The summed E-state index contributed by atoms with van der Waals surface area (Å²) in [6.07, 6.45) is 3.19. The Morgan fingerprint density at radius 2 is 2.00 bits per heavy atom. The molecule has 15 heavy (non-hydrogen) atoms. The summed E-state index contributed by atoms with van der Waals surface area (Å²) in [4.78, 5) is 14.1. The van der Waals surface area contributed by atoms with Crippen LogP contribution in [0.2, 0.25) is 0 Å². The van der Waals surface area contributed by atoms with Crippen LogP contribution in [-0.2, 0) is 9.53 Å². The third-order valence-electron chi connectivity index (χ3n) is 3.80. The lowest BCUT2D eigenvalue weighted by molar-refractivity contribution is -0.155. The van der Waals surface area contributed by atoms with Crippen LogP contribution in [0.5, 0.6) is 0 Å². The van der Waals surface area contributed by atoms with Gasteiger partial charge in [0.2, 0.25) is 0 Å². The van der Waals surface area contributed by atoms with Crippen LogP contribution in [0.1, 0.15) is 40.0 Å². The highest BCUT2D eigenvalue weighted by atomic mass is 16.5. The Kier molecular flexibility index (Phi) is 4.14. The molecule has 1 rings (SSSR count). The molecule has 1 atom stereocenters. The Morgan fingerprint density at radius 3 is 2.40 bits per heavy atom. The number of carbonyl (C=O) groups excluding carboxylic acids is 1. The third-order valence-corrected chi connectivity index (χ3v) is 3.80. The Labute approximate surface area is 92.8 Å². The second kappa shape index (κ2) is 4.97. The predicted molar refractivity (Wildman–Crippen MR) is 60.7 cm³/mol. The first kappa shape index (κ1) is 12.5. The fraction of sp³-hybridized carbons (Fsp3) is 0.917. The van der Waals surface area contributed by atoms with Gasteiger partial charge in [0.15, 0.2) is 0 Å². The van der Waals surface area contributed by atoms with Crippen molar-refractivity contribution in [3.05, 3.63) is 0 Å². The maximum atomic E-state index is 11.8. The van der Waals surface area contributed by atoms with Gasteiger partial charge >= 0.3 is 5.97 Å². The van der Waals surface area contributed by atoms with Crippen LogP contribution in [0.3, 0.4) is 0 Å². The molecule has 0 bridgehead atoms. The molecular formula is C12H23NO2. The molecule has 3 nitrogen and oxygen atoms in total. The summed E-state index contributed by atoms with van der Waals surface area (Å²) in [6, 6.07) is 0. The van der Waals surface area contributed by atoms with Crippen LogP contribution >= 0.6 is 0 Å². The van der Waals surface area contributed by atoms with Gasteiger partial charge in [-0.05, 0) is 45.2 Å². The van der Waals surface area contributed by atoms with Crippen molar-refractivity contribution in [2.45, 2.75) is 45.6 Å². The van der Waals surface area contributed by atoms with E-state index in [9.17, 15) is 4.79 Å². The molecule has 0 aromatic carbocycles. The molecule has 3 heteroatoms. The summed E-state index contributed by atoms with van der Waals surface area (Å²) in [5, 5.41) is 0. The summed E-state index contributed by atoms with van der Waals surface area (Å²) < 4.78 is 4.91. The predicted octanol–water partition coefficient (Wildman–Crippen LogP) is 2.06. The van der Waals surface area contributed by atoms with Gasteiger partial charge in [0, 0.05) is 0 Å². The van der Waals surface area contributed by atoms with Gasteiger partial charge in [0.1, 0.15) is 5.54 Å². The van der Waals surface area contributed by atoms with Crippen LogP contribution in [0.25, 0.3) is 0 Å². The number of rotatable bonds is 3. The van der Waals surface area contributed by atoms with Crippen LogP contribution in [0.15, 0.2) is 0 Å². The molecule has 0 saturated carbocycles. The molecule has 1 aliphatic rings. The maximum absolute atomic E-state index is 11.8. The van der Waals surface area contributed by atoms with E-state index >= 15 is 0 Å². The van der Waals surface area contributed by atoms with Gasteiger partial charge in [-0.15, -0.1) is 0 Å². The monoisotopic (exact) mass is 213 g/mol. The first-order valence-corrected chi connectivity index (χ1v) is 5.88. The number of hydrogen-bond acceptors (Lipinski definition) is 3. The average Bonchev–Trinajstić information content (AvgIpc) is 2.27. The minimum absolute atomic E-state index is 0.0976. The lowest BCUT2D eigenvalue weighted by atomic mass is 9.90. The molecule has 0 aromatic rings. The van der Waals surface area contributed by atoms with Gasteiger partial charge in [-0.25, -0.2) is 0 Å². The number of esters is 1. The van der Waals surface area contributed by atoms with Crippen LogP contribution < -0.4 is 0 Å². The number of likely N-dealkylation sites (tertiary alicyclic amines) is 1. The summed E-state index contributed by atoms with van der Waals surface area (Å²) in [6.45, 7) is 8.35. The smallest absolute Gasteiger partial charge is 0.325 e. The fourth-order valence-corrected chi connectivity index (χ4v) is 2.22. The Balaban J connectivity index is 2.69. The highest BCUT2D eigenvalue weighted by Crippen LogP contribution is 2.27. The van der Waals surface area contributed by atoms with E-state index in [0.717, 1.165) is 25.4 Å². The molecule has 1 saturated heterocycles. The zero-order valence-corrected chi connectivity index (χ0v) is 10.4. The van der Waals surface area contributed by atoms with E-state index in [-0.39, 0.29) is 5.97 Å². The first-order valence-electron chi connectivity index (χ1n) is 5.88. The molecule has 1 aliphatic heterocycles. The largest absolute Gasteiger partial charge is 0.468 e. The number of carbonyl (C=O) groups is 1. The van der Waals surface area contributed by atoms with Crippen molar-refractivity contribution in [1.29, 1.82) is 0 Å². The van der Waals surface area contributed by atoms with Crippen molar-refractivity contribution in [1.82, 2.24) is 4.90 Å². The SMILES string of the molecule is CC[C@](C)(C(=O)OC)N1CCC(C)CC1. The lowest BCUT2D eigenvalue weighted by Crippen LogP contribution is -2.55. The van der Waals surface area contributed by atoms with Crippen LogP contribution in [0, 0.1) is 5.92 Å². The lowest BCUT2D eigenvalue weighted by Gasteiger charge is -2.42. The first-order chi connectivity index (χ1) is 7.04. The second-order valence-corrected chi connectivity index (χ2v) is 4.79. The molecule has 0 aliphatic carbocycles. The van der Waals surface area contributed by atoms with Gasteiger partial charge in [0.25, 0.3) is 0 Å². The Morgan fingerprint density at radius 1 is 1.47 bits per heavy atom. The Bertz CT molecular complexity index is 222. The molecule has 88 valence electrons. The third kappa shape index (κ3) is 2.51. The zero-order chi connectivity index (χ0) is 11.5. The van der Waals surface area contributed by atoms with Gasteiger partial charge in [-0.2, -0.15) is 0 Å². The number of nitrogens with zero attached hydrogens (tertiary/aromatic N) is 1. The minimum atomic E-state index is -0.422. The van der Waals surface area contributed by atoms with E-state index in [4.69, 9.17) is 4.74 Å². The number of hydrogen-bond donors (Lipinski definition) is 0.